The monoisotopic (exact) mass is 395 g/mol. The number of hydrogen-bond donors (Lipinski definition) is 2. The van der Waals surface area contributed by atoms with Gasteiger partial charge in [0.2, 0.25) is 0 Å². The Labute approximate surface area is 174 Å². The second-order valence-corrected chi connectivity index (χ2v) is 6.88. The van der Waals surface area contributed by atoms with Crippen LogP contribution in [0.25, 0.3) is 22.2 Å². The molecule has 0 aliphatic rings. The van der Waals surface area contributed by atoms with E-state index in [0.717, 1.165) is 28.6 Å². The van der Waals surface area contributed by atoms with Crippen LogP contribution in [0.2, 0.25) is 0 Å². The zero-order valence-corrected chi connectivity index (χ0v) is 16.5. The Morgan fingerprint density at radius 1 is 1.03 bits per heavy atom. The Hall–Kier alpha value is -3.99. The number of benzene rings is 3. The molecular formula is C25H21N3O2. The summed E-state index contributed by atoms with van der Waals surface area (Å²) < 4.78 is 0. The number of nitrogens with zero attached hydrogens (tertiary/aromatic N) is 2. The molecule has 3 aromatic carbocycles. The summed E-state index contributed by atoms with van der Waals surface area (Å²) in [6.45, 7) is 2.11. The van der Waals surface area contributed by atoms with E-state index >= 15 is 0 Å². The number of aryl methyl sites for hydroxylation is 1. The summed E-state index contributed by atoms with van der Waals surface area (Å²) >= 11 is 0. The van der Waals surface area contributed by atoms with Gasteiger partial charge in [0.25, 0.3) is 5.91 Å². The molecule has 0 fully saturated rings. The molecule has 148 valence electrons. The van der Waals surface area contributed by atoms with Crippen LogP contribution in [-0.4, -0.2) is 22.2 Å². The van der Waals surface area contributed by atoms with Crippen molar-refractivity contribution in [2.75, 3.05) is 0 Å². The van der Waals surface area contributed by atoms with E-state index in [1.54, 1.807) is 30.3 Å². The maximum Gasteiger partial charge on any atom is 0.272 e. The topological polar surface area (TPSA) is 74.6 Å². The fourth-order valence-corrected chi connectivity index (χ4v) is 3.24. The molecule has 1 amide bonds. The number of nitrogens with one attached hydrogen (secondary N) is 1. The summed E-state index contributed by atoms with van der Waals surface area (Å²) in [4.78, 5) is 17.6. The van der Waals surface area contributed by atoms with Gasteiger partial charge in [-0.3, -0.25) is 4.79 Å². The number of amides is 1. The van der Waals surface area contributed by atoms with Crippen molar-refractivity contribution in [3.8, 4) is 17.0 Å². The van der Waals surface area contributed by atoms with Gasteiger partial charge in [0.15, 0.2) is 0 Å². The third-order valence-corrected chi connectivity index (χ3v) is 4.93. The molecule has 0 aliphatic heterocycles. The fourth-order valence-electron chi connectivity index (χ4n) is 3.24. The van der Waals surface area contributed by atoms with Crippen LogP contribution in [0.4, 0.5) is 0 Å². The number of aromatic hydroxyl groups is 1. The summed E-state index contributed by atoms with van der Waals surface area (Å²) in [7, 11) is 0. The summed E-state index contributed by atoms with van der Waals surface area (Å²) in [6.07, 6.45) is 2.38. The molecule has 4 aromatic rings. The van der Waals surface area contributed by atoms with Crippen molar-refractivity contribution in [3.05, 3.63) is 95.6 Å². The number of hydrazone groups is 1. The Morgan fingerprint density at radius 3 is 2.53 bits per heavy atom. The number of phenols is 1. The average molecular weight is 395 g/mol. The summed E-state index contributed by atoms with van der Waals surface area (Å²) in [5.74, 6) is -0.241. The SMILES string of the molecule is CCc1ccc(-c2cc(C(=O)NN=Cc3ccccc3O)c3ccccc3n2)cc1. The van der Waals surface area contributed by atoms with Gasteiger partial charge in [-0.05, 0) is 36.2 Å². The first-order valence-electron chi connectivity index (χ1n) is 9.76. The Balaban J connectivity index is 1.68. The molecule has 1 aromatic heterocycles. The van der Waals surface area contributed by atoms with Crippen LogP contribution in [0.5, 0.6) is 5.75 Å². The molecule has 5 heteroatoms. The van der Waals surface area contributed by atoms with Crippen molar-refractivity contribution in [1.29, 1.82) is 0 Å². The van der Waals surface area contributed by atoms with Crippen LogP contribution < -0.4 is 5.43 Å². The van der Waals surface area contributed by atoms with E-state index in [1.807, 2.05) is 36.4 Å². The molecule has 1 heterocycles. The molecule has 0 spiro atoms. The first-order chi connectivity index (χ1) is 14.7. The predicted molar refractivity (Wildman–Crippen MR) is 120 cm³/mol. The number of pyridine rings is 1. The van der Waals surface area contributed by atoms with Gasteiger partial charge in [0.05, 0.1) is 23.0 Å². The summed E-state index contributed by atoms with van der Waals surface area (Å²) in [6, 6.07) is 24.3. The molecule has 2 N–H and O–H groups in total. The van der Waals surface area contributed by atoms with Gasteiger partial charge < -0.3 is 5.11 Å². The third-order valence-electron chi connectivity index (χ3n) is 4.93. The highest BCUT2D eigenvalue weighted by Crippen LogP contribution is 2.25. The van der Waals surface area contributed by atoms with Gasteiger partial charge in [0.1, 0.15) is 5.75 Å². The molecule has 0 aliphatic carbocycles. The number of rotatable bonds is 5. The number of carbonyl (C=O) groups excluding carboxylic acids is 1. The molecular weight excluding hydrogens is 374 g/mol. The molecule has 0 unspecified atom stereocenters. The van der Waals surface area contributed by atoms with Gasteiger partial charge in [-0.15, -0.1) is 0 Å². The van der Waals surface area contributed by atoms with E-state index in [1.165, 1.54) is 11.8 Å². The number of fused-ring (bicyclic) bond motifs is 1. The van der Waals surface area contributed by atoms with Crippen LogP contribution in [0.3, 0.4) is 0 Å². The Morgan fingerprint density at radius 2 is 1.77 bits per heavy atom. The van der Waals surface area contributed by atoms with Crippen LogP contribution in [-0.2, 0) is 6.42 Å². The van der Waals surface area contributed by atoms with E-state index < -0.39 is 0 Å². The minimum atomic E-state index is -0.341. The van der Waals surface area contributed by atoms with E-state index in [9.17, 15) is 9.90 Å². The molecule has 0 radical (unpaired) electrons. The highest BCUT2D eigenvalue weighted by molar-refractivity contribution is 6.07. The summed E-state index contributed by atoms with van der Waals surface area (Å²) in [5, 5.41) is 14.6. The molecule has 0 atom stereocenters. The van der Waals surface area contributed by atoms with Crippen LogP contribution in [0, 0.1) is 0 Å². The lowest BCUT2D eigenvalue weighted by Crippen LogP contribution is -2.18. The molecule has 0 saturated heterocycles. The largest absolute Gasteiger partial charge is 0.507 e. The van der Waals surface area contributed by atoms with Crippen molar-refractivity contribution in [2.45, 2.75) is 13.3 Å². The predicted octanol–water partition coefficient (Wildman–Crippen LogP) is 4.93. The van der Waals surface area contributed by atoms with Gasteiger partial charge >= 0.3 is 0 Å². The third kappa shape index (κ3) is 4.05. The fraction of sp³-hybridized carbons (Fsp3) is 0.0800. The second-order valence-electron chi connectivity index (χ2n) is 6.88. The standard InChI is InChI=1S/C25H21N3O2/c1-2-17-11-13-18(14-12-17)23-15-21(20-8-4-5-9-22(20)27-23)25(30)28-26-16-19-7-3-6-10-24(19)29/h3-16,29H,2H2,1H3,(H,28,30). The zero-order valence-electron chi connectivity index (χ0n) is 16.5. The summed E-state index contributed by atoms with van der Waals surface area (Å²) in [5.41, 5.74) is 7.23. The molecule has 30 heavy (non-hydrogen) atoms. The van der Waals surface area contributed by atoms with E-state index in [-0.39, 0.29) is 11.7 Å². The molecule has 4 rings (SSSR count). The maximum atomic E-state index is 12.9. The minimum Gasteiger partial charge on any atom is -0.507 e. The molecule has 0 saturated carbocycles. The van der Waals surface area contributed by atoms with Crippen molar-refractivity contribution in [2.24, 2.45) is 5.10 Å². The molecule has 0 bridgehead atoms. The lowest BCUT2D eigenvalue weighted by molar-refractivity contribution is 0.0956. The smallest absolute Gasteiger partial charge is 0.272 e. The van der Waals surface area contributed by atoms with Crippen molar-refractivity contribution < 1.29 is 9.90 Å². The highest BCUT2D eigenvalue weighted by atomic mass is 16.3. The Kier molecular flexibility index (Phi) is 5.52. The first kappa shape index (κ1) is 19.3. The average Bonchev–Trinajstić information content (AvgIpc) is 2.79. The lowest BCUT2D eigenvalue weighted by Gasteiger charge is -2.09. The first-order valence-corrected chi connectivity index (χ1v) is 9.76. The second kappa shape index (κ2) is 8.57. The van der Waals surface area contributed by atoms with Crippen LogP contribution in [0.1, 0.15) is 28.4 Å². The maximum absolute atomic E-state index is 12.9. The van der Waals surface area contributed by atoms with Crippen LogP contribution >= 0.6 is 0 Å². The highest BCUT2D eigenvalue weighted by Gasteiger charge is 2.13. The lowest BCUT2D eigenvalue weighted by atomic mass is 10.0. The van der Waals surface area contributed by atoms with Crippen molar-refractivity contribution in [3.63, 3.8) is 0 Å². The van der Waals surface area contributed by atoms with E-state index in [2.05, 4.69) is 29.6 Å². The number of phenolic OH excluding ortho intramolecular Hbond substituents is 1. The van der Waals surface area contributed by atoms with Gasteiger partial charge in [-0.25, -0.2) is 10.4 Å². The normalized spacial score (nSPS) is 11.1. The van der Waals surface area contributed by atoms with Crippen LogP contribution in [0.15, 0.2) is 84.0 Å². The van der Waals surface area contributed by atoms with E-state index in [0.29, 0.717) is 11.1 Å². The van der Waals surface area contributed by atoms with Gasteiger partial charge in [-0.2, -0.15) is 5.10 Å². The Bertz CT molecular complexity index is 1230. The van der Waals surface area contributed by atoms with Crippen molar-refractivity contribution in [1.82, 2.24) is 10.4 Å². The zero-order chi connectivity index (χ0) is 20.9. The number of aromatic nitrogens is 1. The number of carbonyl (C=O) groups is 1. The van der Waals surface area contributed by atoms with Gasteiger partial charge in [-0.1, -0.05) is 61.5 Å². The minimum absolute atomic E-state index is 0.0997. The molecule has 5 nitrogen and oxygen atoms in total. The van der Waals surface area contributed by atoms with E-state index in [4.69, 9.17) is 4.98 Å². The van der Waals surface area contributed by atoms with Gasteiger partial charge in [0, 0.05) is 16.5 Å². The number of hydrogen-bond acceptors (Lipinski definition) is 4. The van der Waals surface area contributed by atoms with Crippen molar-refractivity contribution >= 4 is 23.0 Å². The quantitative estimate of drug-likeness (QED) is 0.371. The number of para-hydroxylation sites is 2.